The Kier molecular flexibility index (Phi) is 7.61. The molecule has 1 aliphatic rings. The number of rotatable bonds is 8. The van der Waals surface area contributed by atoms with Crippen LogP contribution in [0.5, 0.6) is 11.5 Å². The summed E-state index contributed by atoms with van der Waals surface area (Å²) in [5.74, 6) is 1.51. The summed E-state index contributed by atoms with van der Waals surface area (Å²) in [6.07, 6.45) is 0. The second-order valence-electron chi connectivity index (χ2n) is 5.90. The normalized spacial score (nSPS) is 12.7. The van der Waals surface area contributed by atoms with E-state index in [0.717, 1.165) is 17.1 Å². The van der Waals surface area contributed by atoms with Gasteiger partial charge in [-0.1, -0.05) is 19.9 Å². The maximum atomic E-state index is 11.8. The standard InChI is InChI=1S/C16H24N2O4.ClH/c1-16(2,10-18-15(19)9-17-6-7-20-3)12-4-5-13-14(8-12)22-11-21-13;/h4-5,8,17H,6-7,9-11H2,1-3H3,(H,18,19);1H. The van der Waals surface area contributed by atoms with Crippen molar-refractivity contribution in [1.82, 2.24) is 10.6 Å². The Bertz CT molecular complexity index is 523. The van der Waals surface area contributed by atoms with Gasteiger partial charge in [-0.15, -0.1) is 12.4 Å². The van der Waals surface area contributed by atoms with Gasteiger partial charge < -0.3 is 24.8 Å². The van der Waals surface area contributed by atoms with E-state index in [1.54, 1.807) is 7.11 Å². The third kappa shape index (κ3) is 5.57. The predicted molar refractivity (Wildman–Crippen MR) is 90.6 cm³/mol. The Balaban J connectivity index is 0.00000264. The van der Waals surface area contributed by atoms with Crippen molar-refractivity contribution >= 4 is 18.3 Å². The molecule has 6 nitrogen and oxygen atoms in total. The molecule has 130 valence electrons. The zero-order valence-electron chi connectivity index (χ0n) is 13.8. The fourth-order valence-corrected chi connectivity index (χ4v) is 2.18. The van der Waals surface area contributed by atoms with E-state index in [2.05, 4.69) is 24.5 Å². The van der Waals surface area contributed by atoms with E-state index >= 15 is 0 Å². The highest BCUT2D eigenvalue weighted by Crippen LogP contribution is 2.36. The van der Waals surface area contributed by atoms with Gasteiger partial charge in [0.25, 0.3) is 0 Å². The Morgan fingerprint density at radius 3 is 2.78 bits per heavy atom. The summed E-state index contributed by atoms with van der Waals surface area (Å²) in [5, 5.41) is 5.97. The highest BCUT2D eigenvalue weighted by atomic mass is 35.5. The number of carbonyl (C=O) groups is 1. The van der Waals surface area contributed by atoms with Crippen LogP contribution in [0.4, 0.5) is 0 Å². The maximum absolute atomic E-state index is 11.8. The molecule has 1 aromatic rings. The maximum Gasteiger partial charge on any atom is 0.233 e. The Hall–Kier alpha value is -1.50. The van der Waals surface area contributed by atoms with Crippen LogP contribution in [0, 0.1) is 0 Å². The number of halogens is 1. The summed E-state index contributed by atoms with van der Waals surface area (Å²) in [7, 11) is 1.63. The van der Waals surface area contributed by atoms with E-state index < -0.39 is 0 Å². The van der Waals surface area contributed by atoms with Gasteiger partial charge in [-0.25, -0.2) is 0 Å². The summed E-state index contributed by atoms with van der Waals surface area (Å²) in [5.41, 5.74) is 0.910. The number of fused-ring (bicyclic) bond motifs is 1. The lowest BCUT2D eigenvalue weighted by Gasteiger charge is -2.26. The van der Waals surface area contributed by atoms with Crippen molar-refractivity contribution in [2.45, 2.75) is 19.3 Å². The number of hydrogen-bond donors (Lipinski definition) is 2. The van der Waals surface area contributed by atoms with Gasteiger partial charge >= 0.3 is 0 Å². The molecule has 0 saturated carbocycles. The van der Waals surface area contributed by atoms with Crippen molar-refractivity contribution in [3.8, 4) is 11.5 Å². The Morgan fingerprint density at radius 1 is 1.30 bits per heavy atom. The minimum atomic E-state index is -0.191. The number of methoxy groups -OCH3 is 1. The summed E-state index contributed by atoms with van der Waals surface area (Å²) in [6, 6.07) is 5.90. The van der Waals surface area contributed by atoms with Gasteiger partial charge in [-0.2, -0.15) is 0 Å². The zero-order chi connectivity index (χ0) is 16.0. The first-order valence-corrected chi connectivity index (χ1v) is 7.39. The monoisotopic (exact) mass is 344 g/mol. The van der Waals surface area contributed by atoms with Crippen molar-refractivity contribution in [3.63, 3.8) is 0 Å². The molecule has 2 N–H and O–H groups in total. The molecule has 0 unspecified atom stereocenters. The van der Waals surface area contributed by atoms with Crippen LogP contribution in [-0.4, -0.2) is 46.1 Å². The van der Waals surface area contributed by atoms with Crippen molar-refractivity contribution < 1.29 is 19.0 Å². The van der Waals surface area contributed by atoms with E-state index in [1.807, 2.05) is 18.2 Å². The number of carbonyl (C=O) groups excluding carboxylic acids is 1. The molecule has 0 aliphatic carbocycles. The van der Waals surface area contributed by atoms with E-state index in [1.165, 1.54) is 0 Å². The molecule has 1 heterocycles. The van der Waals surface area contributed by atoms with Gasteiger partial charge in [0.2, 0.25) is 12.7 Å². The molecule has 0 atom stereocenters. The summed E-state index contributed by atoms with van der Waals surface area (Å²) >= 11 is 0. The van der Waals surface area contributed by atoms with Gasteiger partial charge in [0.1, 0.15) is 0 Å². The average molecular weight is 345 g/mol. The molecule has 1 aromatic carbocycles. The molecule has 0 bridgehead atoms. The molecule has 0 aromatic heterocycles. The largest absolute Gasteiger partial charge is 0.454 e. The Labute approximate surface area is 143 Å². The predicted octanol–water partition coefficient (Wildman–Crippen LogP) is 1.47. The van der Waals surface area contributed by atoms with Crippen LogP contribution in [-0.2, 0) is 14.9 Å². The average Bonchev–Trinajstić information content (AvgIpc) is 2.97. The number of nitrogens with one attached hydrogen (secondary N) is 2. The SMILES string of the molecule is COCCNCC(=O)NCC(C)(C)c1ccc2c(c1)OCO2.Cl. The number of hydrogen-bond acceptors (Lipinski definition) is 5. The molecule has 2 rings (SSSR count). The smallest absolute Gasteiger partial charge is 0.233 e. The van der Waals surface area contributed by atoms with Crippen LogP contribution < -0.4 is 20.1 Å². The minimum Gasteiger partial charge on any atom is -0.454 e. The number of amides is 1. The summed E-state index contributed by atoms with van der Waals surface area (Å²) in [6.45, 7) is 6.54. The highest BCUT2D eigenvalue weighted by molar-refractivity contribution is 5.85. The van der Waals surface area contributed by atoms with Gasteiger partial charge in [0.05, 0.1) is 13.2 Å². The number of benzene rings is 1. The van der Waals surface area contributed by atoms with E-state index in [-0.39, 0.29) is 30.5 Å². The van der Waals surface area contributed by atoms with Crippen molar-refractivity contribution in [3.05, 3.63) is 23.8 Å². The quantitative estimate of drug-likeness (QED) is 0.699. The van der Waals surface area contributed by atoms with Crippen LogP contribution in [0.1, 0.15) is 19.4 Å². The first-order valence-electron chi connectivity index (χ1n) is 7.39. The first-order chi connectivity index (χ1) is 10.5. The summed E-state index contributed by atoms with van der Waals surface area (Å²) < 4.78 is 15.6. The third-order valence-electron chi connectivity index (χ3n) is 3.65. The third-order valence-corrected chi connectivity index (χ3v) is 3.65. The first kappa shape index (κ1) is 19.5. The zero-order valence-corrected chi connectivity index (χ0v) is 14.6. The Morgan fingerprint density at radius 2 is 2.04 bits per heavy atom. The molecule has 0 radical (unpaired) electrons. The molecular formula is C16H25ClN2O4. The molecule has 1 amide bonds. The van der Waals surface area contributed by atoms with E-state index in [9.17, 15) is 4.79 Å². The summed E-state index contributed by atoms with van der Waals surface area (Å²) in [4.78, 5) is 11.8. The fraction of sp³-hybridized carbons (Fsp3) is 0.562. The van der Waals surface area contributed by atoms with Gasteiger partial charge in [0, 0.05) is 25.6 Å². The van der Waals surface area contributed by atoms with Crippen LogP contribution in [0.15, 0.2) is 18.2 Å². The van der Waals surface area contributed by atoms with Crippen LogP contribution in [0.3, 0.4) is 0 Å². The van der Waals surface area contributed by atoms with Crippen LogP contribution in [0.25, 0.3) is 0 Å². The highest BCUT2D eigenvalue weighted by Gasteiger charge is 2.24. The van der Waals surface area contributed by atoms with Crippen LogP contribution in [0.2, 0.25) is 0 Å². The molecule has 23 heavy (non-hydrogen) atoms. The van der Waals surface area contributed by atoms with Gasteiger partial charge in [0.15, 0.2) is 11.5 Å². The molecule has 0 saturated heterocycles. The molecular weight excluding hydrogens is 320 g/mol. The fourth-order valence-electron chi connectivity index (χ4n) is 2.18. The lowest BCUT2D eigenvalue weighted by molar-refractivity contribution is -0.120. The van der Waals surface area contributed by atoms with Crippen molar-refractivity contribution in [1.29, 1.82) is 0 Å². The molecule has 0 fully saturated rings. The van der Waals surface area contributed by atoms with Crippen molar-refractivity contribution in [2.24, 2.45) is 0 Å². The molecule has 0 spiro atoms. The van der Waals surface area contributed by atoms with Gasteiger partial charge in [-0.3, -0.25) is 4.79 Å². The second kappa shape index (κ2) is 8.96. The van der Waals surface area contributed by atoms with Gasteiger partial charge in [-0.05, 0) is 17.7 Å². The number of ether oxygens (including phenoxy) is 3. The van der Waals surface area contributed by atoms with Crippen LogP contribution >= 0.6 is 12.4 Å². The van der Waals surface area contributed by atoms with E-state index in [0.29, 0.717) is 26.2 Å². The second-order valence-corrected chi connectivity index (χ2v) is 5.90. The minimum absolute atomic E-state index is 0. The topological polar surface area (TPSA) is 68.8 Å². The lowest BCUT2D eigenvalue weighted by Crippen LogP contribution is -2.41. The lowest BCUT2D eigenvalue weighted by atomic mass is 9.84. The molecule has 1 aliphatic heterocycles. The van der Waals surface area contributed by atoms with E-state index in [4.69, 9.17) is 14.2 Å². The molecule has 7 heteroatoms. The van der Waals surface area contributed by atoms with Crippen molar-refractivity contribution in [2.75, 3.05) is 40.1 Å².